The van der Waals surface area contributed by atoms with Crippen molar-refractivity contribution in [2.45, 2.75) is 19.8 Å². The van der Waals surface area contributed by atoms with Crippen LogP contribution in [-0.4, -0.2) is 77.0 Å². The fraction of sp³-hybridized carbons (Fsp3) is 0.867. The first-order chi connectivity index (χ1) is 10.7. The van der Waals surface area contributed by atoms with E-state index < -0.39 is 0 Å². The third-order valence-corrected chi connectivity index (χ3v) is 3.51. The molecule has 0 amide bonds. The molecule has 1 atom stereocenters. The summed E-state index contributed by atoms with van der Waals surface area (Å²) in [5, 5.41) is 3.27. The van der Waals surface area contributed by atoms with Crippen molar-refractivity contribution in [2.24, 2.45) is 10.9 Å². The van der Waals surface area contributed by atoms with Gasteiger partial charge >= 0.3 is 5.97 Å². The van der Waals surface area contributed by atoms with Gasteiger partial charge in [0.15, 0.2) is 5.96 Å². The maximum atomic E-state index is 11.9. The molecule has 8 heteroatoms. The zero-order valence-electron chi connectivity index (χ0n) is 14.4. The van der Waals surface area contributed by atoms with Crippen LogP contribution in [0.25, 0.3) is 0 Å². The standard InChI is InChI=1S/C15H29N3O4.HI/c1-4-22-14(19)13-6-5-8-18(12-13)15(16-2)17-7-9-21-11-10-20-3;/h13H,4-12H2,1-3H3,(H,16,17);1H. The second-order valence-electron chi connectivity index (χ2n) is 5.12. The second kappa shape index (κ2) is 13.8. The van der Waals surface area contributed by atoms with Crippen LogP contribution >= 0.6 is 24.0 Å². The monoisotopic (exact) mass is 443 g/mol. The smallest absolute Gasteiger partial charge is 0.310 e. The quantitative estimate of drug-likeness (QED) is 0.199. The van der Waals surface area contributed by atoms with Crippen LogP contribution in [0.5, 0.6) is 0 Å². The Labute approximate surface area is 156 Å². The van der Waals surface area contributed by atoms with Gasteiger partial charge in [0.1, 0.15) is 0 Å². The minimum absolute atomic E-state index is 0. The summed E-state index contributed by atoms with van der Waals surface area (Å²) in [7, 11) is 3.40. The van der Waals surface area contributed by atoms with E-state index in [1.54, 1.807) is 14.2 Å². The van der Waals surface area contributed by atoms with Crippen molar-refractivity contribution in [1.82, 2.24) is 10.2 Å². The molecule has 0 aromatic rings. The van der Waals surface area contributed by atoms with Crippen molar-refractivity contribution in [2.75, 3.05) is 60.2 Å². The number of piperidine rings is 1. The van der Waals surface area contributed by atoms with Gasteiger partial charge in [-0.1, -0.05) is 0 Å². The minimum atomic E-state index is -0.106. The number of halogens is 1. The highest BCUT2D eigenvalue weighted by Crippen LogP contribution is 2.17. The molecule has 1 unspecified atom stereocenters. The van der Waals surface area contributed by atoms with Gasteiger partial charge in [0.05, 0.1) is 32.3 Å². The number of hydrogen-bond donors (Lipinski definition) is 1. The predicted molar refractivity (Wildman–Crippen MR) is 100 cm³/mol. The molecule has 1 rings (SSSR count). The van der Waals surface area contributed by atoms with Crippen molar-refractivity contribution in [3.05, 3.63) is 0 Å². The lowest BCUT2D eigenvalue weighted by atomic mass is 9.98. The molecule has 7 nitrogen and oxygen atoms in total. The van der Waals surface area contributed by atoms with E-state index in [0.717, 1.165) is 25.3 Å². The van der Waals surface area contributed by atoms with Crippen LogP contribution in [-0.2, 0) is 19.0 Å². The number of hydrogen-bond acceptors (Lipinski definition) is 5. The van der Waals surface area contributed by atoms with Crippen molar-refractivity contribution in [3.63, 3.8) is 0 Å². The van der Waals surface area contributed by atoms with E-state index in [1.165, 1.54) is 0 Å². The number of esters is 1. The summed E-state index contributed by atoms with van der Waals surface area (Å²) in [6.45, 7) is 6.29. The third kappa shape index (κ3) is 8.71. The lowest BCUT2D eigenvalue weighted by Gasteiger charge is -2.33. The molecule has 1 N–H and O–H groups in total. The maximum absolute atomic E-state index is 11.9. The normalized spacial score (nSPS) is 18.3. The predicted octanol–water partition coefficient (Wildman–Crippen LogP) is 1.12. The molecule has 1 saturated heterocycles. The molecule has 0 radical (unpaired) electrons. The Morgan fingerprint density at radius 1 is 1.35 bits per heavy atom. The van der Waals surface area contributed by atoms with Crippen molar-refractivity contribution >= 4 is 35.9 Å². The van der Waals surface area contributed by atoms with Crippen LogP contribution in [0.2, 0.25) is 0 Å². The summed E-state index contributed by atoms with van der Waals surface area (Å²) in [5.74, 6) is 0.639. The Morgan fingerprint density at radius 3 is 2.78 bits per heavy atom. The van der Waals surface area contributed by atoms with Crippen LogP contribution in [0, 0.1) is 5.92 Å². The van der Waals surface area contributed by atoms with E-state index in [0.29, 0.717) is 39.5 Å². The number of guanidine groups is 1. The zero-order chi connectivity index (χ0) is 16.2. The number of ether oxygens (including phenoxy) is 3. The van der Waals surface area contributed by atoms with Gasteiger partial charge in [-0.05, 0) is 19.8 Å². The Balaban J connectivity index is 0.00000484. The number of carbonyl (C=O) groups excluding carboxylic acids is 1. The highest BCUT2D eigenvalue weighted by Gasteiger charge is 2.28. The largest absolute Gasteiger partial charge is 0.466 e. The zero-order valence-corrected chi connectivity index (χ0v) is 16.7. The molecule has 0 bridgehead atoms. The fourth-order valence-electron chi connectivity index (χ4n) is 2.43. The van der Waals surface area contributed by atoms with Gasteiger partial charge in [0, 0.05) is 33.8 Å². The van der Waals surface area contributed by atoms with Crippen LogP contribution in [0.1, 0.15) is 19.8 Å². The number of rotatable bonds is 8. The molecule has 0 aliphatic carbocycles. The Morgan fingerprint density at radius 2 is 2.13 bits per heavy atom. The van der Waals surface area contributed by atoms with E-state index >= 15 is 0 Å². The van der Waals surface area contributed by atoms with Crippen LogP contribution in [0.4, 0.5) is 0 Å². The van der Waals surface area contributed by atoms with E-state index in [1.807, 2.05) is 6.92 Å². The maximum Gasteiger partial charge on any atom is 0.310 e. The summed E-state index contributed by atoms with van der Waals surface area (Å²) < 4.78 is 15.5. The number of methoxy groups -OCH3 is 1. The summed E-state index contributed by atoms with van der Waals surface area (Å²) in [4.78, 5) is 18.3. The van der Waals surface area contributed by atoms with E-state index in [-0.39, 0.29) is 35.9 Å². The van der Waals surface area contributed by atoms with Crippen molar-refractivity contribution < 1.29 is 19.0 Å². The first-order valence-electron chi connectivity index (χ1n) is 7.91. The highest BCUT2D eigenvalue weighted by molar-refractivity contribution is 14.0. The summed E-state index contributed by atoms with van der Waals surface area (Å²) in [5.41, 5.74) is 0. The summed E-state index contributed by atoms with van der Waals surface area (Å²) >= 11 is 0. The van der Waals surface area contributed by atoms with E-state index in [4.69, 9.17) is 14.2 Å². The number of aliphatic imine (C=N–C) groups is 1. The molecule has 0 saturated carbocycles. The van der Waals surface area contributed by atoms with Gasteiger partial charge in [0.2, 0.25) is 0 Å². The Hall–Kier alpha value is -0.610. The molecule has 0 aromatic carbocycles. The third-order valence-electron chi connectivity index (χ3n) is 3.51. The molecule has 1 aliphatic heterocycles. The molecular weight excluding hydrogens is 413 g/mol. The van der Waals surface area contributed by atoms with Crippen molar-refractivity contribution in [3.8, 4) is 0 Å². The summed E-state index contributed by atoms with van der Waals surface area (Å²) in [6.07, 6.45) is 1.85. The number of carbonyl (C=O) groups is 1. The van der Waals surface area contributed by atoms with Crippen molar-refractivity contribution in [1.29, 1.82) is 0 Å². The Bertz CT molecular complexity index is 356. The molecule has 136 valence electrons. The van der Waals surface area contributed by atoms with Gasteiger partial charge in [-0.15, -0.1) is 24.0 Å². The molecule has 0 spiro atoms. The van der Waals surface area contributed by atoms with Gasteiger partial charge in [0.25, 0.3) is 0 Å². The molecule has 23 heavy (non-hydrogen) atoms. The molecule has 1 aliphatic rings. The Kier molecular flexibility index (Phi) is 13.4. The first-order valence-corrected chi connectivity index (χ1v) is 7.91. The second-order valence-corrected chi connectivity index (χ2v) is 5.12. The van der Waals surface area contributed by atoms with Gasteiger partial charge in [-0.3, -0.25) is 9.79 Å². The molecule has 1 fully saturated rings. The van der Waals surface area contributed by atoms with Crippen LogP contribution in [0.3, 0.4) is 0 Å². The SMILES string of the molecule is CCOC(=O)C1CCCN(C(=NC)NCCOCCOC)C1.I. The minimum Gasteiger partial charge on any atom is -0.466 e. The molecular formula is C15H30IN3O4. The van der Waals surface area contributed by atoms with Crippen LogP contribution in [0.15, 0.2) is 4.99 Å². The molecule has 0 aromatic heterocycles. The van der Waals surface area contributed by atoms with E-state index in [2.05, 4.69) is 15.2 Å². The first kappa shape index (κ1) is 22.4. The number of nitrogens with zero attached hydrogens (tertiary/aromatic N) is 2. The van der Waals surface area contributed by atoms with Crippen LogP contribution < -0.4 is 5.32 Å². The van der Waals surface area contributed by atoms with Gasteiger partial charge < -0.3 is 24.4 Å². The lowest BCUT2D eigenvalue weighted by Crippen LogP contribution is -2.48. The van der Waals surface area contributed by atoms with Gasteiger partial charge in [-0.2, -0.15) is 0 Å². The average Bonchev–Trinajstić information content (AvgIpc) is 2.54. The van der Waals surface area contributed by atoms with Gasteiger partial charge in [-0.25, -0.2) is 0 Å². The topological polar surface area (TPSA) is 72.4 Å². The average molecular weight is 443 g/mol. The summed E-state index contributed by atoms with van der Waals surface area (Å²) in [6, 6.07) is 0. The van der Waals surface area contributed by atoms with E-state index in [9.17, 15) is 4.79 Å². The fourth-order valence-corrected chi connectivity index (χ4v) is 2.43. The highest BCUT2D eigenvalue weighted by atomic mass is 127. The molecule has 1 heterocycles. The number of likely N-dealkylation sites (tertiary alicyclic amines) is 1. The number of nitrogens with one attached hydrogen (secondary N) is 1. The lowest BCUT2D eigenvalue weighted by molar-refractivity contribution is -0.149.